The molecule has 0 bridgehead atoms. The molecule has 2 aliphatic heterocycles. The van der Waals surface area contributed by atoms with Gasteiger partial charge < -0.3 is 14.4 Å². The van der Waals surface area contributed by atoms with Crippen LogP contribution in [0.15, 0.2) is 12.1 Å². The molecule has 0 atom stereocenters. The predicted octanol–water partition coefficient (Wildman–Crippen LogP) is 1.75. The van der Waals surface area contributed by atoms with Crippen LogP contribution < -0.4 is 9.47 Å². The Morgan fingerprint density at radius 1 is 1.11 bits per heavy atom. The minimum atomic E-state index is 0.304. The van der Waals surface area contributed by atoms with Crippen LogP contribution in [0.25, 0.3) is 0 Å². The summed E-state index contributed by atoms with van der Waals surface area (Å²) in [5.74, 6) is 2.32. The van der Waals surface area contributed by atoms with Crippen LogP contribution in [0.3, 0.4) is 0 Å². The smallest absolute Gasteiger partial charge is 0.225 e. The zero-order valence-corrected chi connectivity index (χ0v) is 10.9. The number of rotatable bonds is 1. The third-order valence-electron chi connectivity index (χ3n) is 4.11. The number of amides is 1. The second kappa shape index (κ2) is 4.15. The fraction of sp³-hybridized carbons (Fsp3) is 0.533. The minimum Gasteiger partial charge on any atom is -0.486 e. The first-order valence-electron chi connectivity index (χ1n) is 7.01. The number of nitrogens with zero attached hydrogens (tertiary/aromatic N) is 1. The summed E-state index contributed by atoms with van der Waals surface area (Å²) >= 11 is 0. The molecule has 0 aromatic heterocycles. The van der Waals surface area contributed by atoms with E-state index in [2.05, 4.69) is 12.1 Å². The van der Waals surface area contributed by atoms with E-state index >= 15 is 0 Å². The summed E-state index contributed by atoms with van der Waals surface area (Å²) in [6.45, 7) is 2.79. The van der Waals surface area contributed by atoms with Crippen LogP contribution in [0.2, 0.25) is 0 Å². The molecule has 1 aliphatic carbocycles. The molecule has 0 spiro atoms. The molecule has 0 unspecified atom stereocenters. The van der Waals surface area contributed by atoms with Crippen molar-refractivity contribution in [2.75, 3.05) is 19.8 Å². The molecule has 4 rings (SSSR count). The quantitative estimate of drug-likeness (QED) is 0.771. The summed E-state index contributed by atoms with van der Waals surface area (Å²) in [5, 5.41) is 0. The fourth-order valence-electron chi connectivity index (χ4n) is 2.87. The van der Waals surface area contributed by atoms with E-state index in [9.17, 15) is 4.79 Å². The van der Waals surface area contributed by atoms with Crippen molar-refractivity contribution in [2.24, 2.45) is 5.92 Å². The lowest BCUT2D eigenvalue weighted by atomic mass is 9.98. The fourth-order valence-corrected chi connectivity index (χ4v) is 2.87. The highest BCUT2D eigenvalue weighted by atomic mass is 16.6. The Morgan fingerprint density at radius 2 is 1.79 bits per heavy atom. The van der Waals surface area contributed by atoms with E-state index in [-0.39, 0.29) is 0 Å². The highest BCUT2D eigenvalue weighted by molar-refractivity contribution is 5.81. The summed E-state index contributed by atoms with van der Waals surface area (Å²) in [7, 11) is 0. The molecule has 1 amide bonds. The number of hydrogen-bond acceptors (Lipinski definition) is 3. The predicted molar refractivity (Wildman–Crippen MR) is 69.3 cm³/mol. The Kier molecular flexibility index (Phi) is 2.43. The monoisotopic (exact) mass is 259 g/mol. The standard InChI is InChI=1S/C15H17NO3/c17-15(10-1-2-10)16-4-3-11-7-13-14(8-12(11)9-16)19-6-5-18-13/h7-8,10H,1-6,9H2. The van der Waals surface area contributed by atoms with Crippen LogP contribution in [-0.2, 0) is 17.8 Å². The van der Waals surface area contributed by atoms with Gasteiger partial charge >= 0.3 is 0 Å². The molecular formula is C15H17NO3. The first kappa shape index (κ1) is 11.1. The summed E-state index contributed by atoms with van der Waals surface area (Å²) in [5.41, 5.74) is 2.51. The van der Waals surface area contributed by atoms with Gasteiger partial charge in [-0.2, -0.15) is 0 Å². The number of benzene rings is 1. The van der Waals surface area contributed by atoms with Crippen LogP contribution in [0, 0.1) is 5.92 Å². The van der Waals surface area contributed by atoms with Crippen molar-refractivity contribution in [1.82, 2.24) is 4.90 Å². The van der Waals surface area contributed by atoms with Crippen molar-refractivity contribution in [2.45, 2.75) is 25.8 Å². The van der Waals surface area contributed by atoms with Crippen molar-refractivity contribution in [3.8, 4) is 11.5 Å². The Balaban J connectivity index is 1.61. The van der Waals surface area contributed by atoms with Gasteiger partial charge in [0, 0.05) is 19.0 Å². The zero-order valence-electron chi connectivity index (χ0n) is 10.9. The summed E-state index contributed by atoms with van der Waals surface area (Å²) in [6.07, 6.45) is 3.07. The third-order valence-corrected chi connectivity index (χ3v) is 4.11. The van der Waals surface area contributed by atoms with Gasteiger partial charge in [-0.05, 0) is 42.5 Å². The average molecular weight is 259 g/mol. The lowest BCUT2D eigenvalue weighted by Gasteiger charge is -2.30. The molecule has 1 saturated carbocycles. The van der Waals surface area contributed by atoms with Crippen molar-refractivity contribution in [1.29, 1.82) is 0 Å². The maximum atomic E-state index is 12.1. The Bertz CT molecular complexity index is 536. The first-order chi connectivity index (χ1) is 9.31. The Morgan fingerprint density at radius 3 is 2.47 bits per heavy atom. The number of hydrogen-bond donors (Lipinski definition) is 0. The van der Waals surface area contributed by atoms with Gasteiger partial charge in [0.25, 0.3) is 0 Å². The maximum Gasteiger partial charge on any atom is 0.225 e. The molecular weight excluding hydrogens is 242 g/mol. The van der Waals surface area contributed by atoms with Crippen molar-refractivity contribution < 1.29 is 14.3 Å². The molecule has 100 valence electrons. The summed E-state index contributed by atoms with van der Waals surface area (Å²) in [6, 6.07) is 4.14. The van der Waals surface area contributed by atoms with Gasteiger partial charge in [0.1, 0.15) is 13.2 Å². The maximum absolute atomic E-state index is 12.1. The minimum absolute atomic E-state index is 0.304. The van der Waals surface area contributed by atoms with E-state index in [1.165, 1.54) is 11.1 Å². The third kappa shape index (κ3) is 1.95. The van der Waals surface area contributed by atoms with Crippen LogP contribution >= 0.6 is 0 Å². The zero-order chi connectivity index (χ0) is 12.8. The van der Waals surface area contributed by atoms with Crippen LogP contribution in [0.1, 0.15) is 24.0 Å². The van der Waals surface area contributed by atoms with Crippen LogP contribution in [0.4, 0.5) is 0 Å². The largest absolute Gasteiger partial charge is 0.486 e. The molecule has 1 aromatic carbocycles. The SMILES string of the molecule is O=C(C1CC1)N1CCc2cc3c(cc2C1)OCCO3. The second-order valence-corrected chi connectivity index (χ2v) is 5.55. The highest BCUT2D eigenvalue weighted by Crippen LogP contribution is 2.37. The lowest BCUT2D eigenvalue weighted by Crippen LogP contribution is -2.37. The molecule has 0 saturated heterocycles. The molecule has 1 fully saturated rings. The Labute approximate surface area is 112 Å². The van der Waals surface area contributed by atoms with Gasteiger partial charge in [-0.15, -0.1) is 0 Å². The molecule has 1 aromatic rings. The number of ether oxygens (including phenoxy) is 2. The summed E-state index contributed by atoms with van der Waals surface area (Å²) in [4.78, 5) is 14.1. The topological polar surface area (TPSA) is 38.8 Å². The van der Waals surface area contributed by atoms with E-state index in [0.717, 1.165) is 43.9 Å². The van der Waals surface area contributed by atoms with Crippen LogP contribution in [0.5, 0.6) is 11.5 Å². The molecule has 4 nitrogen and oxygen atoms in total. The number of carbonyl (C=O) groups is 1. The molecule has 19 heavy (non-hydrogen) atoms. The number of fused-ring (bicyclic) bond motifs is 2. The molecule has 3 aliphatic rings. The average Bonchev–Trinajstić information content (AvgIpc) is 3.28. The van der Waals surface area contributed by atoms with Gasteiger partial charge in [-0.3, -0.25) is 4.79 Å². The molecule has 0 radical (unpaired) electrons. The van der Waals surface area contributed by atoms with E-state index in [4.69, 9.17) is 9.47 Å². The normalized spacial score (nSPS) is 20.9. The van der Waals surface area contributed by atoms with Gasteiger partial charge in [0.05, 0.1) is 0 Å². The highest BCUT2D eigenvalue weighted by Gasteiger charge is 2.34. The summed E-state index contributed by atoms with van der Waals surface area (Å²) < 4.78 is 11.2. The van der Waals surface area contributed by atoms with Crippen molar-refractivity contribution in [3.05, 3.63) is 23.3 Å². The van der Waals surface area contributed by atoms with E-state index in [1.54, 1.807) is 0 Å². The first-order valence-corrected chi connectivity index (χ1v) is 7.01. The molecule has 2 heterocycles. The van der Waals surface area contributed by atoms with E-state index in [1.807, 2.05) is 4.90 Å². The second-order valence-electron chi connectivity index (χ2n) is 5.55. The van der Waals surface area contributed by atoms with Crippen molar-refractivity contribution >= 4 is 5.91 Å². The Hall–Kier alpha value is -1.71. The molecule has 4 heteroatoms. The molecule has 0 N–H and O–H groups in total. The van der Waals surface area contributed by atoms with Crippen LogP contribution in [-0.4, -0.2) is 30.6 Å². The van der Waals surface area contributed by atoms with Gasteiger partial charge in [-0.25, -0.2) is 0 Å². The number of carbonyl (C=O) groups excluding carboxylic acids is 1. The van der Waals surface area contributed by atoms with Crippen molar-refractivity contribution in [3.63, 3.8) is 0 Å². The van der Waals surface area contributed by atoms with E-state index in [0.29, 0.717) is 25.0 Å². The van der Waals surface area contributed by atoms with E-state index < -0.39 is 0 Å². The van der Waals surface area contributed by atoms with Gasteiger partial charge in [0.15, 0.2) is 11.5 Å². The van der Waals surface area contributed by atoms with Gasteiger partial charge in [0.2, 0.25) is 5.91 Å². The lowest BCUT2D eigenvalue weighted by molar-refractivity contribution is -0.133. The van der Waals surface area contributed by atoms with Gasteiger partial charge in [-0.1, -0.05) is 0 Å².